The molecule has 0 spiro atoms. The van der Waals surface area contributed by atoms with Gasteiger partial charge in [-0.25, -0.2) is 4.79 Å². The molecule has 0 bridgehead atoms. The Morgan fingerprint density at radius 3 is 2.85 bits per heavy atom. The molecule has 146 valence electrons. The van der Waals surface area contributed by atoms with Crippen molar-refractivity contribution in [3.8, 4) is 0 Å². The fourth-order valence-corrected chi connectivity index (χ4v) is 3.86. The van der Waals surface area contributed by atoms with E-state index in [-0.39, 0.29) is 29.9 Å². The van der Waals surface area contributed by atoms with E-state index in [2.05, 4.69) is 0 Å². The summed E-state index contributed by atoms with van der Waals surface area (Å²) in [6, 6.07) is 7.28. The Morgan fingerprint density at radius 1 is 1.33 bits per heavy atom. The first-order valence-corrected chi connectivity index (χ1v) is 9.85. The van der Waals surface area contributed by atoms with Crippen LogP contribution in [0.15, 0.2) is 30.5 Å². The van der Waals surface area contributed by atoms with Gasteiger partial charge in [-0.3, -0.25) is 4.79 Å². The molecule has 0 amide bonds. The number of ether oxygens (including phenoxy) is 3. The van der Waals surface area contributed by atoms with Crippen molar-refractivity contribution in [1.29, 1.82) is 0 Å². The van der Waals surface area contributed by atoms with Crippen LogP contribution in [0.3, 0.4) is 0 Å². The molecule has 3 rings (SSSR count). The number of Topliss-reactive ketones (excluding diaryl/α,β-unsaturated/α-hetero) is 1. The van der Waals surface area contributed by atoms with Gasteiger partial charge in [0.1, 0.15) is 6.10 Å². The number of carbonyl (C=O) groups is 2. The second kappa shape index (κ2) is 8.89. The Morgan fingerprint density at radius 2 is 2.11 bits per heavy atom. The molecule has 1 fully saturated rings. The summed E-state index contributed by atoms with van der Waals surface area (Å²) in [6.45, 7) is 4.05. The molecule has 0 N–H and O–H groups in total. The first kappa shape index (κ1) is 19.9. The van der Waals surface area contributed by atoms with Crippen LogP contribution in [0.1, 0.15) is 45.1 Å². The van der Waals surface area contributed by atoms with Crippen LogP contribution in [0.4, 0.5) is 0 Å². The molecule has 4 atom stereocenters. The van der Waals surface area contributed by atoms with Gasteiger partial charge in [0.15, 0.2) is 11.9 Å². The highest BCUT2D eigenvalue weighted by atomic mass is 35.5. The summed E-state index contributed by atoms with van der Waals surface area (Å²) in [7, 11) is 0. The molecule has 1 aromatic carbocycles. The fraction of sp³-hybridized carbons (Fsp3) is 0.524. The zero-order valence-electron chi connectivity index (χ0n) is 15.7. The molecule has 1 aromatic rings. The normalized spacial score (nSPS) is 25.8. The van der Waals surface area contributed by atoms with E-state index in [1.54, 1.807) is 13.0 Å². The number of rotatable bonds is 6. The Kier molecular flexibility index (Phi) is 6.55. The van der Waals surface area contributed by atoms with Crippen LogP contribution >= 0.6 is 11.6 Å². The highest BCUT2D eigenvalue weighted by Gasteiger charge is 2.41. The number of esters is 1. The first-order chi connectivity index (χ1) is 13.0. The van der Waals surface area contributed by atoms with Gasteiger partial charge in [-0.2, -0.15) is 0 Å². The van der Waals surface area contributed by atoms with Gasteiger partial charge in [0, 0.05) is 17.0 Å². The van der Waals surface area contributed by atoms with Crippen molar-refractivity contribution in [2.75, 3.05) is 6.61 Å². The molecule has 2 aliphatic rings. The topological polar surface area (TPSA) is 61.8 Å². The molecule has 5 nitrogen and oxygen atoms in total. The number of hydrogen-bond donors (Lipinski definition) is 0. The van der Waals surface area contributed by atoms with E-state index in [0.29, 0.717) is 42.0 Å². The lowest BCUT2D eigenvalue weighted by molar-refractivity contribution is -0.164. The van der Waals surface area contributed by atoms with Crippen LogP contribution in [0, 0.1) is 5.92 Å². The summed E-state index contributed by atoms with van der Waals surface area (Å²) in [5.74, 6) is -0.489. The van der Waals surface area contributed by atoms with Crippen LogP contribution in [-0.2, 0) is 23.8 Å². The average molecular weight is 393 g/mol. The monoisotopic (exact) mass is 392 g/mol. The molecule has 1 aliphatic heterocycles. The molecule has 6 heteroatoms. The average Bonchev–Trinajstić information content (AvgIpc) is 2.67. The maximum atomic E-state index is 12.9. The lowest BCUT2D eigenvalue weighted by Crippen LogP contribution is -2.43. The SMILES string of the molecule is CCCOC(=O)C(C)OC1CCC2C(=O)C(c3ccccc3Cl)=COC2C1. The number of halogens is 1. The van der Waals surface area contributed by atoms with Gasteiger partial charge < -0.3 is 14.2 Å². The predicted octanol–water partition coefficient (Wildman–Crippen LogP) is 4.18. The van der Waals surface area contributed by atoms with Crippen molar-refractivity contribution in [1.82, 2.24) is 0 Å². The first-order valence-electron chi connectivity index (χ1n) is 9.48. The minimum Gasteiger partial charge on any atom is -0.496 e. The summed E-state index contributed by atoms with van der Waals surface area (Å²) in [6.07, 6.45) is 3.26. The molecular formula is C21H25ClO5. The van der Waals surface area contributed by atoms with Crippen molar-refractivity contribution >= 4 is 28.9 Å². The summed E-state index contributed by atoms with van der Waals surface area (Å²) in [5, 5.41) is 0.538. The van der Waals surface area contributed by atoms with Crippen molar-refractivity contribution in [3.05, 3.63) is 41.1 Å². The van der Waals surface area contributed by atoms with Gasteiger partial charge in [-0.1, -0.05) is 36.7 Å². The molecule has 1 heterocycles. The van der Waals surface area contributed by atoms with Crippen molar-refractivity contribution in [3.63, 3.8) is 0 Å². The van der Waals surface area contributed by atoms with Gasteiger partial charge in [0.2, 0.25) is 0 Å². The number of ketones is 1. The van der Waals surface area contributed by atoms with E-state index in [0.717, 1.165) is 6.42 Å². The molecule has 4 unspecified atom stereocenters. The lowest BCUT2D eigenvalue weighted by atomic mass is 9.78. The number of allylic oxidation sites excluding steroid dienone is 1. The minimum absolute atomic E-state index is 0.0632. The van der Waals surface area contributed by atoms with Crippen LogP contribution in [-0.4, -0.2) is 36.7 Å². The van der Waals surface area contributed by atoms with Gasteiger partial charge >= 0.3 is 5.97 Å². The number of benzene rings is 1. The van der Waals surface area contributed by atoms with E-state index in [4.69, 9.17) is 25.8 Å². The van der Waals surface area contributed by atoms with E-state index < -0.39 is 6.10 Å². The minimum atomic E-state index is -0.619. The van der Waals surface area contributed by atoms with Crippen molar-refractivity contribution in [2.24, 2.45) is 5.92 Å². The second-order valence-corrected chi connectivity index (χ2v) is 7.44. The molecule has 27 heavy (non-hydrogen) atoms. The van der Waals surface area contributed by atoms with Gasteiger partial charge in [-0.05, 0) is 32.3 Å². The Balaban J connectivity index is 1.63. The molecule has 0 aromatic heterocycles. The van der Waals surface area contributed by atoms with E-state index in [9.17, 15) is 9.59 Å². The third-order valence-electron chi connectivity index (χ3n) is 5.05. The van der Waals surface area contributed by atoms with Crippen LogP contribution < -0.4 is 0 Å². The highest BCUT2D eigenvalue weighted by molar-refractivity contribution is 6.35. The Bertz CT molecular complexity index is 729. The molecule has 0 saturated heterocycles. The Labute approximate surface area is 164 Å². The smallest absolute Gasteiger partial charge is 0.334 e. The summed E-state index contributed by atoms with van der Waals surface area (Å²) >= 11 is 6.23. The van der Waals surface area contributed by atoms with Crippen LogP contribution in [0.5, 0.6) is 0 Å². The molecule has 0 radical (unpaired) electrons. The zero-order chi connectivity index (χ0) is 19.4. The summed E-state index contributed by atoms with van der Waals surface area (Å²) < 4.78 is 16.9. The summed E-state index contributed by atoms with van der Waals surface area (Å²) in [5.41, 5.74) is 1.23. The Hall–Kier alpha value is -1.85. The third kappa shape index (κ3) is 4.53. The van der Waals surface area contributed by atoms with Crippen LogP contribution in [0.25, 0.3) is 5.57 Å². The lowest BCUT2D eigenvalue weighted by Gasteiger charge is -2.38. The molecular weight excluding hydrogens is 368 g/mol. The zero-order valence-corrected chi connectivity index (χ0v) is 16.4. The van der Waals surface area contributed by atoms with E-state index in [1.165, 1.54) is 6.26 Å². The standard InChI is InChI=1S/C21H25ClO5/c1-3-10-25-21(24)13(2)27-14-8-9-16-19(11-14)26-12-17(20(16)23)15-6-4-5-7-18(15)22/h4-7,12-14,16,19H,3,8-11H2,1-2H3. The van der Waals surface area contributed by atoms with Gasteiger partial charge in [0.05, 0.1) is 30.5 Å². The number of fused-ring (bicyclic) bond motifs is 1. The van der Waals surface area contributed by atoms with Gasteiger partial charge in [0.25, 0.3) is 0 Å². The fourth-order valence-electron chi connectivity index (χ4n) is 3.62. The predicted molar refractivity (Wildman–Crippen MR) is 102 cm³/mol. The largest absolute Gasteiger partial charge is 0.496 e. The highest BCUT2D eigenvalue weighted by Crippen LogP contribution is 2.38. The van der Waals surface area contributed by atoms with Crippen molar-refractivity contribution < 1.29 is 23.8 Å². The molecule has 1 aliphatic carbocycles. The molecule has 1 saturated carbocycles. The quantitative estimate of drug-likeness (QED) is 0.680. The maximum absolute atomic E-state index is 12.9. The second-order valence-electron chi connectivity index (χ2n) is 7.04. The van der Waals surface area contributed by atoms with Gasteiger partial charge in [-0.15, -0.1) is 0 Å². The van der Waals surface area contributed by atoms with Crippen LogP contribution in [0.2, 0.25) is 5.02 Å². The third-order valence-corrected chi connectivity index (χ3v) is 5.38. The summed E-state index contributed by atoms with van der Waals surface area (Å²) in [4.78, 5) is 24.8. The number of carbonyl (C=O) groups excluding carboxylic acids is 2. The number of hydrogen-bond acceptors (Lipinski definition) is 5. The van der Waals surface area contributed by atoms with E-state index >= 15 is 0 Å². The maximum Gasteiger partial charge on any atom is 0.334 e. The van der Waals surface area contributed by atoms with E-state index in [1.807, 2.05) is 25.1 Å². The van der Waals surface area contributed by atoms with Crippen molar-refractivity contribution in [2.45, 2.75) is 57.8 Å².